The Bertz CT molecular complexity index is 777. The number of nitrogens with one attached hydrogen (secondary N) is 1. The van der Waals surface area contributed by atoms with Gasteiger partial charge in [-0.05, 0) is 53.8 Å². The molecule has 0 aliphatic heterocycles. The second kappa shape index (κ2) is 9.48. The third-order valence-corrected chi connectivity index (χ3v) is 5.02. The Morgan fingerprint density at radius 1 is 1.12 bits per heavy atom. The minimum Gasteiger partial charge on any atom is -0.497 e. The molecule has 0 aliphatic carbocycles. The van der Waals surface area contributed by atoms with Gasteiger partial charge in [0.1, 0.15) is 11.8 Å². The molecule has 6 heteroatoms. The van der Waals surface area contributed by atoms with Gasteiger partial charge in [-0.15, -0.1) is 0 Å². The molecule has 1 N–H and O–H groups in total. The van der Waals surface area contributed by atoms with Crippen molar-refractivity contribution in [3.8, 4) is 5.75 Å². The quantitative estimate of drug-likeness (QED) is 0.717. The van der Waals surface area contributed by atoms with Gasteiger partial charge >= 0.3 is 5.97 Å². The first-order valence-corrected chi connectivity index (χ1v) is 9.84. The molecule has 0 saturated carbocycles. The van der Waals surface area contributed by atoms with E-state index in [0.717, 1.165) is 27.8 Å². The van der Waals surface area contributed by atoms with E-state index in [1.165, 1.54) is 7.11 Å². The molecular formula is C20H25NO4S. The van der Waals surface area contributed by atoms with Crippen molar-refractivity contribution < 1.29 is 19.1 Å². The van der Waals surface area contributed by atoms with Crippen LogP contribution in [0.4, 0.5) is 0 Å². The zero-order valence-corrected chi connectivity index (χ0v) is 16.4. The lowest BCUT2D eigenvalue weighted by Crippen LogP contribution is -2.43. The van der Waals surface area contributed by atoms with Crippen LogP contribution in [0.15, 0.2) is 36.4 Å². The van der Waals surface area contributed by atoms with E-state index in [0.29, 0.717) is 6.42 Å². The molecule has 0 bridgehead atoms. The zero-order chi connectivity index (χ0) is 19.1. The molecule has 0 spiro atoms. The lowest BCUT2D eigenvalue weighted by Gasteiger charge is -2.19. The van der Waals surface area contributed by atoms with Crippen molar-refractivity contribution in [1.29, 1.82) is 0 Å². The normalized spacial score (nSPS) is 13.1. The second-order valence-electron chi connectivity index (χ2n) is 6.06. The summed E-state index contributed by atoms with van der Waals surface area (Å²) in [6, 6.07) is 11.1. The fraction of sp³-hybridized carbons (Fsp3) is 0.400. The van der Waals surface area contributed by atoms with Crippen LogP contribution >= 0.6 is 11.8 Å². The van der Waals surface area contributed by atoms with E-state index in [-0.39, 0.29) is 11.8 Å². The largest absolute Gasteiger partial charge is 0.497 e. The van der Waals surface area contributed by atoms with Crippen LogP contribution in [0.3, 0.4) is 0 Å². The highest BCUT2D eigenvalue weighted by atomic mass is 32.2. The first-order chi connectivity index (χ1) is 12.5. The van der Waals surface area contributed by atoms with Crippen molar-refractivity contribution in [3.63, 3.8) is 0 Å². The molecule has 0 radical (unpaired) electrons. The van der Waals surface area contributed by atoms with Crippen LogP contribution in [0.2, 0.25) is 0 Å². The Labute approximate surface area is 158 Å². The van der Waals surface area contributed by atoms with Crippen LogP contribution in [0.1, 0.15) is 24.8 Å². The number of methoxy groups -OCH3 is 2. The summed E-state index contributed by atoms with van der Waals surface area (Å²) in [4.78, 5) is 24.5. The van der Waals surface area contributed by atoms with Crippen LogP contribution < -0.4 is 10.1 Å². The third kappa shape index (κ3) is 4.91. The van der Waals surface area contributed by atoms with Crippen molar-refractivity contribution in [1.82, 2.24) is 5.32 Å². The standard InChI is InChI=1S/C20H25NO4S/c1-13(19(22)21-18(9-10-26-4)20(23)25-3)14-5-6-16-12-17(24-2)8-7-15(16)11-14/h5-8,11-13,18H,9-10H2,1-4H3,(H,21,22)/t13-,18-/m0/s1. The molecule has 0 aromatic heterocycles. The molecule has 2 aromatic rings. The third-order valence-electron chi connectivity index (χ3n) is 4.38. The van der Waals surface area contributed by atoms with Crippen molar-refractivity contribution in [3.05, 3.63) is 42.0 Å². The first kappa shape index (κ1) is 20.1. The second-order valence-corrected chi connectivity index (χ2v) is 7.05. The maximum atomic E-state index is 12.6. The highest BCUT2D eigenvalue weighted by molar-refractivity contribution is 7.98. The van der Waals surface area contributed by atoms with E-state index >= 15 is 0 Å². The van der Waals surface area contributed by atoms with Gasteiger partial charge in [0.25, 0.3) is 0 Å². The molecule has 0 saturated heterocycles. The van der Waals surface area contributed by atoms with Crippen LogP contribution in [-0.4, -0.2) is 44.1 Å². The average molecular weight is 375 g/mol. The molecule has 0 fully saturated rings. The number of carbonyl (C=O) groups excluding carboxylic acids is 2. The smallest absolute Gasteiger partial charge is 0.328 e. The van der Waals surface area contributed by atoms with Gasteiger partial charge in [0.05, 0.1) is 20.1 Å². The molecule has 2 rings (SSSR count). The average Bonchev–Trinajstić information content (AvgIpc) is 2.68. The number of ether oxygens (including phenoxy) is 2. The van der Waals surface area contributed by atoms with E-state index < -0.39 is 12.0 Å². The monoisotopic (exact) mass is 375 g/mol. The molecular weight excluding hydrogens is 350 g/mol. The topological polar surface area (TPSA) is 64.6 Å². The number of hydrogen-bond donors (Lipinski definition) is 1. The number of fused-ring (bicyclic) bond motifs is 1. The lowest BCUT2D eigenvalue weighted by atomic mass is 9.96. The maximum absolute atomic E-state index is 12.6. The molecule has 26 heavy (non-hydrogen) atoms. The Balaban J connectivity index is 2.15. The van der Waals surface area contributed by atoms with Crippen LogP contribution in [0.25, 0.3) is 10.8 Å². The van der Waals surface area contributed by atoms with Gasteiger partial charge in [-0.25, -0.2) is 4.79 Å². The van der Waals surface area contributed by atoms with Gasteiger partial charge < -0.3 is 14.8 Å². The summed E-state index contributed by atoms with van der Waals surface area (Å²) in [5.74, 6) is 0.597. The Hall–Kier alpha value is -2.21. The van der Waals surface area contributed by atoms with Crippen molar-refractivity contribution >= 4 is 34.4 Å². The van der Waals surface area contributed by atoms with Gasteiger partial charge in [-0.2, -0.15) is 11.8 Å². The molecule has 1 amide bonds. The number of rotatable bonds is 8. The number of carbonyl (C=O) groups is 2. The number of benzene rings is 2. The molecule has 2 aromatic carbocycles. The van der Waals surface area contributed by atoms with Gasteiger partial charge in [-0.1, -0.05) is 24.3 Å². The summed E-state index contributed by atoms with van der Waals surface area (Å²) >= 11 is 1.62. The predicted octanol–water partition coefficient (Wildman–Crippen LogP) is 3.36. The fourth-order valence-electron chi connectivity index (χ4n) is 2.71. The summed E-state index contributed by atoms with van der Waals surface area (Å²) < 4.78 is 10.0. The summed E-state index contributed by atoms with van der Waals surface area (Å²) in [5, 5.41) is 4.91. The van der Waals surface area contributed by atoms with E-state index in [2.05, 4.69) is 5.32 Å². The van der Waals surface area contributed by atoms with Gasteiger partial charge in [0.2, 0.25) is 5.91 Å². The van der Waals surface area contributed by atoms with Crippen LogP contribution in [0.5, 0.6) is 5.75 Å². The highest BCUT2D eigenvalue weighted by Gasteiger charge is 2.24. The molecule has 0 heterocycles. The van der Waals surface area contributed by atoms with E-state index in [1.807, 2.05) is 49.6 Å². The fourth-order valence-corrected chi connectivity index (χ4v) is 3.19. The van der Waals surface area contributed by atoms with Gasteiger partial charge in [0, 0.05) is 0 Å². The molecule has 0 aliphatic rings. The van der Waals surface area contributed by atoms with Gasteiger partial charge in [0.15, 0.2) is 0 Å². The van der Waals surface area contributed by atoms with Crippen molar-refractivity contribution in [2.24, 2.45) is 0 Å². The summed E-state index contributed by atoms with van der Waals surface area (Å²) in [7, 11) is 2.97. The first-order valence-electron chi connectivity index (χ1n) is 8.45. The van der Waals surface area contributed by atoms with Crippen LogP contribution in [-0.2, 0) is 14.3 Å². The Morgan fingerprint density at radius 2 is 1.81 bits per heavy atom. The minimum absolute atomic E-state index is 0.186. The summed E-state index contributed by atoms with van der Waals surface area (Å²) in [6.45, 7) is 1.84. The SMILES string of the molecule is COC(=O)[C@H](CCSC)NC(=O)[C@@H](C)c1ccc2cc(OC)ccc2c1. The Kier molecular flexibility index (Phi) is 7.33. The molecule has 2 atom stereocenters. The number of thioether (sulfide) groups is 1. The number of esters is 1. The lowest BCUT2D eigenvalue weighted by molar-refractivity contribution is -0.145. The van der Waals surface area contributed by atoms with Crippen molar-refractivity contribution in [2.45, 2.75) is 25.3 Å². The number of hydrogen-bond acceptors (Lipinski definition) is 5. The Morgan fingerprint density at radius 3 is 2.46 bits per heavy atom. The molecule has 0 unspecified atom stereocenters. The summed E-state index contributed by atoms with van der Waals surface area (Å²) in [5.41, 5.74) is 0.897. The van der Waals surface area contributed by atoms with Gasteiger partial charge in [-0.3, -0.25) is 4.79 Å². The van der Waals surface area contributed by atoms with Crippen molar-refractivity contribution in [2.75, 3.05) is 26.2 Å². The zero-order valence-electron chi connectivity index (χ0n) is 15.6. The highest BCUT2D eigenvalue weighted by Crippen LogP contribution is 2.25. The number of amides is 1. The van der Waals surface area contributed by atoms with Crippen LogP contribution in [0, 0.1) is 0 Å². The summed E-state index contributed by atoms with van der Waals surface area (Å²) in [6.07, 6.45) is 2.51. The maximum Gasteiger partial charge on any atom is 0.328 e. The van der Waals surface area contributed by atoms with E-state index in [9.17, 15) is 9.59 Å². The molecule has 140 valence electrons. The predicted molar refractivity (Wildman–Crippen MR) is 106 cm³/mol. The molecule has 5 nitrogen and oxygen atoms in total. The van der Waals surface area contributed by atoms with E-state index in [4.69, 9.17) is 9.47 Å². The van der Waals surface area contributed by atoms with E-state index in [1.54, 1.807) is 18.9 Å². The minimum atomic E-state index is -0.618.